The summed E-state index contributed by atoms with van der Waals surface area (Å²) in [5, 5.41) is 19.7. The van der Waals surface area contributed by atoms with Gasteiger partial charge in [0.05, 0.1) is 17.8 Å². The Labute approximate surface area is 197 Å². The third-order valence-electron chi connectivity index (χ3n) is 7.71. The molecule has 2 aromatic carbocycles. The highest BCUT2D eigenvalue weighted by Gasteiger charge is 2.61. The van der Waals surface area contributed by atoms with Gasteiger partial charge in [-0.2, -0.15) is 0 Å². The molecule has 3 atom stereocenters. The Morgan fingerprint density at radius 3 is 2.41 bits per heavy atom. The van der Waals surface area contributed by atoms with E-state index in [1.165, 1.54) is 6.07 Å². The number of amides is 2. The van der Waals surface area contributed by atoms with Gasteiger partial charge >= 0.3 is 12.0 Å². The van der Waals surface area contributed by atoms with Gasteiger partial charge in [0.15, 0.2) is 0 Å². The first kappa shape index (κ1) is 21.2. The van der Waals surface area contributed by atoms with E-state index in [1.807, 2.05) is 41.3 Å². The summed E-state index contributed by atoms with van der Waals surface area (Å²) >= 11 is 0. The molecule has 8 nitrogen and oxygen atoms in total. The van der Waals surface area contributed by atoms with Crippen LogP contribution in [-0.4, -0.2) is 55.9 Å². The van der Waals surface area contributed by atoms with Gasteiger partial charge in [-0.1, -0.05) is 30.3 Å². The topological polar surface area (TPSA) is 96.9 Å². The Morgan fingerprint density at radius 1 is 1.03 bits per heavy atom. The number of hydrogen-bond donors (Lipinski definition) is 4. The monoisotopic (exact) mass is 465 g/mol. The minimum atomic E-state index is -1.39. The second kappa shape index (κ2) is 7.87. The van der Waals surface area contributed by atoms with E-state index in [1.54, 1.807) is 0 Å². The number of carbonyl (C=O) groups is 2. The molecule has 2 amide bonds. The molecule has 0 spiro atoms. The minimum absolute atomic E-state index is 0.214. The van der Waals surface area contributed by atoms with E-state index in [-0.39, 0.29) is 18.4 Å². The lowest BCUT2D eigenvalue weighted by atomic mass is 9.65. The van der Waals surface area contributed by atoms with E-state index in [9.17, 15) is 14.7 Å². The normalized spacial score (nSPS) is 28.4. The van der Waals surface area contributed by atoms with Crippen LogP contribution in [0.2, 0.25) is 0 Å². The molecule has 4 N–H and O–H groups in total. The van der Waals surface area contributed by atoms with Crippen molar-refractivity contribution in [1.82, 2.24) is 16.0 Å². The summed E-state index contributed by atoms with van der Waals surface area (Å²) in [5.41, 5.74) is 1.23. The van der Waals surface area contributed by atoms with Gasteiger partial charge in [-0.15, -0.1) is 0 Å². The molecule has 3 heterocycles. The van der Waals surface area contributed by atoms with Crippen LogP contribution in [0.1, 0.15) is 36.1 Å². The zero-order valence-electron chi connectivity index (χ0n) is 18.8. The number of carbonyl (C=O) groups excluding carboxylic acids is 1. The Bertz CT molecular complexity index is 1130. The second-order valence-corrected chi connectivity index (χ2v) is 9.70. The fourth-order valence-electron chi connectivity index (χ4n) is 5.88. The van der Waals surface area contributed by atoms with Gasteiger partial charge in [0, 0.05) is 50.0 Å². The SMILES string of the molecule is O=C1NC(c2ccccc2)C2(C(=O)O)CN(C3CC3)c3cc(N4CCNCC4)c(F)cc3C2N1. The van der Waals surface area contributed by atoms with Crippen LogP contribution >= 0.6 is 0 Å². The summed E-state index contributed by atoms with van der Waals surface area (Å²) < 4.78 is 15.6. The number of carboxylic acid groups (broad SMARTS) is 1. The molecule has 34 heavy (non-hydrogen) atoms. The van der Waals surface area contributed by atoms with E-state index in [4.69, 9.17) is 0 Å². The largest absolute Gasteiger partial charge is 0.481 e. The number of aliphatic carboxylic acids is 1. The van der Waals surface area contributed by atoms with E-state index in [0.717, 1.165) is 37.2 Å². The summed E-state index contributed by atoms with van der Waals surface area (Å²) in [6, 6.07) is 10.7. The number of anilines is 2. The van der Waals surface area contributed by atoms with Crippen molar-refractivity contribution in [3.63, 3.8) is 0 Å². The lowest BCUT2D eigenvalue weighted by Gasteiger charge is -2.53. The lowest BCUT2D eigenvalue weighted by molar-refractivity contribution is -0.154. The summed E-state index contributed by atoms with van der Waals surface area (Å²) in [6.07, 6.45) is 1.94. The van der Waals surface area contributed by atoms with Gasteiger partial charge < -0.3 is 30.9 Å². The van der Waals surface area contributed by atoms with Gasteiger partial charge in [0.2, 0.25) is 0 Å². The van der Waals surface area contributed by atoms with Crippen molar-refractivity contribution in [2.45, 2.75) is 31.0 Å². The van der Waals surface area contributed by atoms with Gasteiger partial charge in [-0.3, -0.25) is 4.79 Å². The van der Waals surface area contributed by atoms with Crippen molar-refractivity contribution < 1.29 is 19.1 Å². The third kappa shape index (κ3) is 3.21. The lowest BCUT2D eigenvalue weighted by Crippen LogP contribution is -2.67. The van der Waals surface area contributed by atoms with E-state index < -0.39 is 29.5 Å². The van der Waals surface area contributed by atoms with Gasteiger partial charge in [-0.05, 0) is 30.5 Å². The van der Waals surface area contributed by atoms with Crippen LogP contribution in [-0.2, 0) is 4.79 Å². The fourth-order valence-corrected chi connectivity index (χ4v) is 5.88. The Balaban J connectivity index is 1.52. The van der Waals surface area contributed by atoms with Crippen LogP contribution in [0.15, 0.2) is 42.5 Å². The molecule has 6 rings (SSSR count). The van der Waals surface area contributed by atoms with Crippen LogP contribution in [0.4, 0.5) is 20.6 Å². The highest BCUT2D eigenvalue weighted by Crippen LogP contribution is 2.55. The Morgan fingerprint density at radius 2 is 1.74 bits per heavy atom. The first-order valence-corrected chi connectivity index (χ1v) is 11.9. The predicted octanol–water partition coefficient (Wildman–Crippen LogP) is 2.38. The molecule has 2 aromatic rings. The van der Waals surface area contributed by atoms with Crippen molar-refractivity contribution in [2.24, 2.45) is 5.41 Å². The van der Waals surface area contributed by atoms with Crippen molar-refractivity contribution in [3.8, 4) is 0 Å². The Hall–Kier alpha value is -3.33. The molecular formula is C25H28FN5O3. The quantitative estimate of drug-likeness (QED) is 0.554. The first-order chi connectivity index (χ1) is 16.5. The number of carboxylic acids is 1. The maximum Gasteiger partial charge on any atom is 0.316 e. The molecular weight excluding hydrogens is 437 g/mol. The number of hydrogen-bond acceptors (Lipinski definition) is 5. The van der Waals surface area contributed by atoms with Crippen molar-refractivity contribution in [1.29, 1.82) is 0 Å². The van der Waals surface area contributed by atoms with E-state index in [0.29, 0.717) is 24.3 Å². The number of benzene rings is 2. The molecule has 1 saturated carbocycles. The zero-order valence-corrected chi connectivity index (χ0v) is 18.8. The zero-order chi connectivity index (χ0) is 23.4. The smallest absolute Gasteiger partial charge is 0.316 e. The number of urea groups is 1. The van der Waals surface area contributed by atoms with Crippen LogP contribution in [0.5, 0.6) is 0 Å². The highest BCUT2D eigenvalue weighted by atomic mass is 19.1. The fraction of sp³-hybridized carbons (Fsp3) is 0.440. The minimum Gasteiger partial charge on any atom is -0.481 e. The number of piperazine rings is 1. The second-order valence-electron chi connectivity index (χ2n) is 9.70. The van der Waals surface area contributed by atoms with Crippen molar-refractivity contribution in [3.05, 3.63) is 59.4 Å². The van der Waals surface area contributed by atoms with Crippen LogP contribution in [0.25, 0.3) is 0 Å². The molecule has 1 aliphatic carbocycles. The predicted molar refractivity (Wildman–Crippen MR) is 126 cm³/mol. The molecule has 3 aliphatic heterocycles. The molecule has 0 aromatic heterocycles. The first-order valence-electron chi connectivity index (χ1n) is 11.9. The van der Waals surface area contributed by atoms with Crippen molar-refractivity contribution >= 4 is 23.4 Å². The summed E-state index contributed by atoms with van der Waals surface area (Å²) in [6.45, 7) is 3.21. The molecule has 3 unspecified atom stereocenters. The number of nitrogens with one attached hydrogen (secondary N) is 3. The summed E-state index contributed by atoms with van der Waals surface area (Å²) in [4.78, 5) is 30.0. The maximum atomic E-state index is 15.6. The molecule has 3 fully saturated rings. The summed E-state index contributed by atoms with van der Waals surface area (Å²) in [5.74, 6) is -1.40. The number of rotatable bonds is 4. The van der Waals surface area contributed by atoms with Crippen LogP contribution in [0, 0.1) is 11.2 Å². The third-order valence-corrected chi connectivity index (χ3v) is 7.71. The molecule has 0 bridgehead atoms. The molecule has 9 heteroatoms. The summed E-state index contributed by atoms with van der Waals surface area (Å²) in [7, 11) is 0. The molecule has 178 valence electrons. The molecule has 0 radical (unpaired) electrons. The standard InChI is InChI=1S/C25H28FN5O3/c26-18-12-17-19(13-20(18)30-10-8-27-9-11-30)31(16-6-7-16)14-25(23(32)33)21(15-4-2-1-3-5-15)28-24(34)29-22(17)25/h1-5,12-13,16,21-22,27H,6-11,14H2,(H,32,33)(H2,28,29,34). The number of halogens is 1. The van der Waals surface area contributed by atoms with Gasteiger partial charge in [0.25, 0.3) is 0 Å². The Kier molecular flexibility index (Phi) is 4.91. The number of fused-ring (bicyclic) bond motifs is 3. The van der Waals surface area contributed by atoms with Gasteiger partial charge in [-0.25, -0.2) is 9.18 Å². The average Bonchev–Trinajstić information content (AvgIpc) is 3.69. The molecule has 4 aliphatic rings. The van der Waals surface area contributed by atoms with E-state index >= 15 is 4.39 Å². The van der Waals surface area contributed by atoms with Crippen LogP contribution < -0.4 is 25.8 Å². The average molecular weight is 466 g/mol. The van der Waals surface area contributed by atoms with Crippen molar-refractivity contribution in [2.75, 3.05) is 42.5 Å². The number of nitrogens with zero attached hydrogens (tertiary/aromatic N) is 2. The van der Waals surface area contributed by atoms with Crippen LogP contribution in [0.3, 0.4) is 0 Å². The molecule has 2 saturated heterocycles. The maximum absolute atomic E-state index is 15.6. The highest BCUT2D eigenvalue weighted by molar-refractivity contribution is 5.88. The van der Waals surface area contributed by atoms with E-state index in [2.05, 4.69) is 20.9 Å². The van der Waals surface area contributed by atoms with Gasteiger partial charge in [0.1, 0.15) is 11.2 Å².